The van der Waals surface area contributed by atoms with Gasteiger partial charge in [0, 0.05) is 6.07 Å². The Morgan fingerprint density at radius 2 is 1.88 bits per heavy atom. The molecule has 5 heteroatoms. The fraction of sp³-hybridized carbons (Fsp3) is 0.0909. The van der Waals surface area contributed by atoms with Crippen molar-refractivity contribution in [2.24, 2.45) is 0 Å². The number of hydrogen-bond acceptors (Lipinski definition) is 2. The normalized spacial score (nSPS) is 10.8. The molecule has 0 aliphatic rings. The smallest absolute Gasteiger partial charge is 0.169 e. The van der Waals surface area contributed by atoms with Crippen LogP contribution in [0, 0.1) is 17.5 Å². The SMILES string of the molecule is OCc1ccc(-c2cc(F)cc(F)c2F)o1. The second-order valence-corrected chi connectivity index (χ2v) is 3.17. The molecule has 1 aromatic carbocycles. The van der Waals surface area contributed by atoms with E-state index >= 15 is 0 Å². The van der Waals surface area contributed by atoms with Crippen LogP contribution in [0.4, 0.5) is 13.2 Å². The van der Waals surface area contributed by atoms with Crippen LogP contribution in [0.3, 0.4) is 0 Å². The average Bonchev–Trinajstić information content (AvgIpc) is 2.71. The number of benzene rings is 1. The van der Waals surface area contributed by atoms with E-state index in [1.807, 2.05) is 0 Å². The number of rotatable bonds is 2. The monoisotopic (exact) mass is 228 g/mol. The van der Waals surface area contributed by atoms with E-state index in [1.165, 1.54) is 12.1 Å². The van der Waals surface area contributed by atoms with E-state index in [0.29, 0.717) is 6.07 Å². The van der Waals surface area contributed by atoms with E-state index in [4.69, 9.17) is 9.52 Å². The van der Waals surface area contributed by atoms with Crippen LogP contribution in [0.25, 0.3) is 11.3 Å². The van der Waals surface area contributed by atoms with Gasteiger partial charge in [-0.15, -0.1) is 0 Å². The third-order valence-electron chi connectivity index (χ3n) is 2.08. The minimum Gasteiger partial charge on any atom is -0.459 e. The molecule has 0 aliphatic heterocycles. The van der Waals surface area contributed by atoms with Gasteiger partial charge in [0.25, 0.3) is 0 Å². The lowest BCUT2D eigenvalue weighted by Gasteiger charge is -2.01. The molecular weight excluding hydrogens is 221 g/mol. The molecule has 0 radical (unpaired) electrons. The van der Waals surface area contributed by atoms with Crippen molar-refractivity contribution in [1.29, 1.82) is 0 Å². The van der Waals surface area contributed by atoms with Gasteiger partial charge >= 0.3 is 0 Å². The summed E-state index contributed by atoms with van der Waals surface area (Å²) in [5, 5.41) is 8.74. The molecule has 2 rings (SSSR count). The van der Waals surface area contributed by atoms with Crippen molar-refractivity contribution in [1.82, 2.24) is 0 Å². The predicted molar refractivity (Wildman–Crippen MR) is 49.9 cm³/mol. The summed E-state index contributed by atoms with van der Waals surface area (Å²) in [7, 11) is 0. The summed E-state index contributed by atoms with van der Waals surface area (Å²) in [6.07, 6.45) is 0. The maximum atomic E-state index is 13.3. The molecule has 0 atom stereocenters. The molecular formula is C11H7F3O2. The maximum absolute atomic E-state index is 13.3. The molecule has 1 heterocycles. The summed E-state index contributed by atoms with van der Waals surface area (Å²) < 4.78 is 44.1. The highest BCUT2D eigenvalue weighted by molar-refractivity contribution is 5.58. The Bertz CT molecular complexity index is 520. The molecule has 16 heavy (non-hydrogen) atoms. The zero-order chi connectivity index (χ0) is 11.7. The van der Waals surface area contributed by atoms with Gasteiger partial charge in [-0.3, -0.25) is 0 Å². The Labute approximate surface area is 88.9 Å². The number of halogens is 3. The van der Waals surface area contributed by atoms with Crippen LogP contribution in [0.2, 0.25) is 0 Å². The van der Waals surface area contributed by atoms with E-state index in [-0.39, 0.29) is 23.7 Å². The van der Waals surface area contributed by atoms with Crippen LogP contribution in [-0.2, 0) is 6.61 Å². The Hall–Kier alpha value is -1.75. The van der Waals surface area contributed by atoms with Crippen LogP contribution in [0.1, 0.15) is 5.76 Å². The molecule has 0 fully saturated rings. The fourth-order valence-electron chi connectivity index (χ4n) is 1.34. The number of furan rings is 1. The molecule has 1 aromatic heterocycles. The second-order valence-electron chi connectivity index (χ2n) is 3.17. The molecule has 0 amide bonds. The summed E-state index contributed by atoms with van der Waals surface area (Å²) in [6, 6.07) is 4.02. The number of aliphatic hydroxyl groups is 1. The molecule has 2 nitrogen and oxygen atoms in total. The van der Waals surface area contributed by atoms with Gasteiger partial charge in [-0.2, -0.15) is 0 Å². The van der Waals surface area contributed by atoms with Crippen LogP contribution in [0.5, 0.6) is 0 Å². The van der Waals surface area contributed by atoms with Gasteiger partial charge in [0.05, 0.1) is 5.56 Å². The van der Waals surface area contributed by atoms with Crippen molar-refractivity contribution in [3.05, 3.63) is 47.5 Å². The first-order valence-electron chi connectivity index (χ1n) is 4.46. The van der Waals surface area contributed by atoms with E-state index in [0.717, 1.165) is 6.07 Å². The zero-order valence-corrected chi connectivity index (χ0v) is 8.01. The third-order valence-corrected chi connectivity index (χ3v) is 2.08. The van der Waals surface area contributed by atoms with Crippen LogP contribution in [-0.4, -0.2) is 5.11 Å². The third kappa shape index (κ3) is 1.81. The summed E-state index contributed by atoms with van der Waals surface area (Å²) in [4.78, 5) is 0. The largest absolute Gasteiger partial charge is 0.459 e. The number of hydrogen-bond donors (Lipinski definition) is 1. The van der Waals surface area contributed by atoms with Gasteiger partial charge in [-0.1, -0.05) is 0 Å². The van der Waals surface area contributed by atoms with Gasteiger partial charge < -0.3 is 9.52 Å². The summed E-state index contributed by atoms with van der Waals surface area (Å²) in [5.74, 6) is -3.19. The Kier molecular flexibility index (Phi) is 2.70. The van der Waals surface area contributed by atoms with Gasteiger partial charge in [0.1, 0.15) is 23.9 Å². The summed E-state index contributed by atoms with van der Waals surface area (Å²) >= 11 is 0. The highest BCUT2D eigenvalue weighted by atomic mass is 19.2. The van der Waals surface area contributed by atoms with E-state index in [9.17, 15) is 13.2 Å². The van der Waals surface area contributed by atoms with E-state index in [1.54, 1.807) is 0 Å². The molecule has 0 bridgehead atoms. The van der Waals surface area contributed by atoms with Crippen molar-refractivity contribution in [2.45, 2.75) is 6.61 Å². The zero-order valence-electron chi connectivity index (χ0n) is 8.01. The highest BCUT2D eigenvalue weighted by Gasteiger charge is 2.15. The Balaban J connectivity index is 2.54. The minimum absolute atomic E-state index is 0.0278. The van der Waals surface area contributed by atoms with Crippen molar-refractivity contribution in [3.8, 4) is 11.3 Å². The summed E-state index contributed by atoms with van der Waals surface area (Å²) in [6.45, 7) is -0.362. The molecule has 84 valence electrons. The van der Waals surface area contributed by atoms with Crippen LogP contribution < -0.4 is 0 Å². The van der Waals surface area contributed by atoms with Crippen molar-refractivity contribution >= 4 is 0 Å². The molecule has 2 aromatic rings. The predicted octanol–water partition coefficient (Wildman–Crippen LogP) is 2.86. The van der Waals surface area contributed by atoms with Crippen LogP contribution >= 0.6 is 0 Å². The molecule has 0 unspecified atom stereocenters. The maximum Gasteiger partial charge on any atom is 0.169 e. The lowest BCUT2D eigenvalue weighted by atomic mass is 10.1. The first-order chi connectivity index (χ1) is 7.61. The fourth-order valence-corrected chi connectivity index (χ4v) is 1.34. The van der Waals surface area contributed by atoms with Gasteiger partial charge in [-0.25, -0.2) is 13.2 Å². The van der Waals surface area contributed by atoms with E-state index in [2.05, 4.69) is 0 Å². The topological polar surface area (TPSA) is 33.4 Å². The highest BCUT2D eigenvalue weighted by Crippen LogP contribution is 2.27. The lowest BCUT2D eigenvalue weighted by Crippen LogP contribution is -1.91. The first kappa shape index (κ1) is 10.8. The van der Waals surface area contributed by atoms with Gasteiger partial charge in [0.2, 0.25) is 0 Å². The van der Waals surface area contributed by atoms with Gasteiger partial charge in [-0.05, 0) is 18.2 Å². The lowest BCUT2D eigenvalue weighted by molar-refractivity contribution is 0.248. The van der Waals surface area contributed by atoms with Crippen molar-refractivity contribution in [2.75, 3.05) is 0 Å². The Morgan fingerprint density at radius 1 is 1.12 bits per heavy atom. The molecule has 0 saturated carbocycles. The quantitative estimate of drug-likeness (QED) is 0.802. The van der Waals surface area contributed by atoms with Crippen molar-refractivity contribution in [3.63, 3.8) is 0 Å². The molecule has 0 saturated heterocycles. The second kappa shape index (κ2) is 4.02. The minimum atomic E-state index is -1.28. The van der Waals surface area contributed by atoms with E-state index < -0.39 is 17.5 Å². The van der Waals surface area contributed by atoms with Gasteiger partial charge in [0.15, 0.2) is 11.6 Å². The van der Waals surface area contributed by atoms with Crippen LogP contribution in [0.15, 0.2) is 28.7 Å². The average molecular weight is 228 g/mol. The number of aliphatic hydroxyl groups excluding tert-OH is 1. The molecule has 1 N–H and O–H groups in total. The Morgan fingerprint density at radius 3 is 2.50 bits per heavy atom. The first-order valence-corrected chi connectivity index (χ1v) is 4.46. The molecule has 0 spiro atoms. The molecule has 0 aliphatic carbocycles. The summed E-state index contributed by atoms with van der Waals surface area (Å²) in [5.41, 5.74) is -0.308. The standard InChI is InChI=1S/C11H7F3O2/c12-6-3-8(11(14)9(13)4-6)10-2-1-7(5-15)16-10/h1-4,15H,5H2. The van der Waals surface area contributed by atoms with Crippen molar-refractivity contribution < 1.29 is 22.7 Å².